The second kappa shape index (κ2) is 11.4. The van der Waals surface area contributed by atoms with Gasteiger partial charge in [-0.1, -0.05) is 29.5 Å². The number of para-hydroxylation sites is 1. The minimum atomic E-state index is -0.602. The third-order valence-corrected chi connectivity index (χ3v) is 8.39. The van der Waals surface area contributed by atoms with E-state index < -0.39 is 11.2 Å². The number of aryl methyl sites for hydroxylation is 1. The first-order valence-corrected chi connectivity index (χ1v) is 14.3. The summed E-state index contributed by atoms with van der Waals surface area (Å²) in [6.07, 6.45) is 6.68. The molecule has 4 aromatic rings. The molecule has 11 heteroatoms. The van der Waals surface area contributed by atoms with Crippen molar-refractivity contribution >= 4 is 28.3 Å². The Hall–Kier alpha value is -4.98. The molecule has 0 bridgehead atoms. The van der Waals surface area contributed by atoms with Gasteiger partial charge in [0, 0.05) is 55.3 Å². The van der Waals surface area contributed by atoms with Gasteiger partial charge in [-0.2, -0.15) is 5.26 Å². The Bertz CT molecular complexity index is 1770. The number of aromatic amines is 1. The Morgan fingerprint density at radius 1 is 1.16 bits per heavy atom. The number of hydrogen-bond acceptors (Lipinski definition) is 6. The van der Waals surface area contributed by atoms with Crippen LogP contribution in [0.4, 0.5) is 4.39 Å². The number of carbonyl (C=O) groups is 2. The molecule has 1 atom stereocenters. The van der Waals surface area contributed by atoms with E-state index in [1.54, 1.807) is 46.1 Å². The molecule has 0 saturated carbocycles. The fraction of sp³-hybridized carbons (Fsp3) is 0.344. The Morgan fingerprint density at radius 3 is 2.74 bits per heavy atom. The van der Waals surface area contributed by atoms with Gasteiger partial charge in [-0.05, 0) is 49.1 Å². The van der Waals surface area contributed by atoms with E-state index in [4.69, 9.17) is 4.74 Å². The number of likely N-dealkylation sites (tertiary alicyclic amines) is 1. The number of ether oxygens (including phenoxy) is 1. The van der Waals surface area contributed by atoms with Crippen molar-refractivity contribution in [2.45, 2.75) is 32.7 Å². The molecule has 220 valence electrons. The van der Waals surface area contributed by atoms with Crippen molar-refractivity contribution in [1.29, 1.82) is 5.26 Å². The van der Waals surface area contributed by atoms with Crippen LogP contribution in [0.3, 0.4) is 0 Å². The van der Waals surface area contributed by atoms with E-state index in [9.17, 15) is 14.9 Å². The Morgan fingerprint density at radius 2 is 2.00 bits per heavy atom. The maximum Gasteiger partial charge on any atom is 0.270 e. The third kappa shape index (κ3) is 5.36. The van der Waals surface area contributed by atoms with Crippen LogP contribution in [-0.2, 0) is 11.3 Å². The van der Waals surface area contributed by atoms with Crippen molar-refractivity contribution in [3.05, 3.63) is 71.9 Å². The van der Waals surface area contributed by atoms with Gasteiger partial charge in [0.05, 0.1) is 36.9 Å². The summed E-state index contributed by atoms with van der Waals surface area (Å²) in [7, 11) is 1.58. The minimum Gasteiger partial charge on any atom is -0.496 e. The molecule has 2 aliphatic heterocycles. The number of fused-ring (bicyclic) bond motifs is 1. The predicted octanol–water partition coefficient (Wildman–Crippen LogP) is 4.66. The van der Waals surface area contributed by atoms with Crippen LogP contribution < -0.4 is 4.74 Å². The average Bonchev–Trinajstić information content (AvgIpc) is 3.81. The summed E-state index contributed by atoms with van der Waals surface area (Å²) in [4.78, 5) is 33.0. The quantitative estimate of drug-likeness (QED) is 0.339. The van der Waals surface area contributed by atoms with E-state index in [0.29, 0.717) is 66.9 Å². The highest BCUT2D eigenvalue weighted by atomic mass is 19.1. The van der Waals surface area contributed by atoms with Crippen molar-refractivity contribution in [3.8, 4) is 22.9 Å². The zero-order valence-corrected chi connectivity index (χ0v) is 24.1. The van der Waals surface area contributed by atoms with Gasteiger partial charge < -0.3 is 19.5 Å². The van der Waals surface area contributed by atoms with Gasteiger partial charge in [-0.15, -0.1) is 5.10 Å². The van der Waals surface area contributed by atoms with Crippen LogP contribution >= 0.6 is 0 Å². The lowest BCUT2D eigenvalue weighted by atomic mass is 9.92. The van der Waals surface area contributed by atoms with E-state index >= 15 is 4.39 Å². The summed E-state index contributed by atoms with van der Waals surface area (Å²) < 4.78 is 23.7. The molecular formula is C32H32FN7O3. The Balaban J connectivity index is 1.38. The van der Waals surface area contributed by atoms with E-state index in [1.807, 2.05) is 37.3 Å². The molecule has 2 aromatic carbocycles. The number of rotatable bonds is 7. The van der Waals surface area contributed by atoms with Gasteiger partial charge in [-0.25, -0.2) is 4.39 Å². The lowest BCUT2D eigenvalue weighted by Crippen LogP contribution is -2.36. The van der Waals surface area contributed by atoms with Crippen molar-refractivity contribution in [2.24, 2.45) is 5.41 Å². The SMILES string of the molecule is COc1ccccc1-c1cc(C2=CCCN(C(=O)CCn3ccnn3)C2)c(F)c2[nH]c(C(=O)N3CCC(C)(C#N)C3)cc12. The highest BCUT2D eigenvalue weighted by Gasteiger charge is 2.37. The maximum atomic E-state index is 16.4. The number of methoxy groups -OCH3 is 1. The second-order valence-electron chi connectivity index (χ2n) is 11.4. The predicted molar refractivity (Wildman–Crippen MR) is 158 cm³/mol. The molecular weight excluding hydrogens is 549 g/mol. The molecule has 0 aliphatic carbocycles. The van der Waals surface area contributed by atoms with E-state index in [2.05, 4.69) is 21.4 Å². The topological polar surface area (TPSA) is 120 Å². The highest BCUT2D eigenvalue weighted by Crippen LogP contribution is 2.40. The fourth-order valence-corrected chi connectivity index (χ4v) is 5.97. The molecule has 1 unspecified atom stereocenters. The van der Waals surface area contributed by atoms with Gasteiger partial charge >= 0.3 is 0 Å². The normalized spacial score (nSPS) is 18.5. The summed E-state index contributed by atoms with van der Waals surface area (Å²) in [5.74, 6) is -0.195. The summed E-state index contributed by atoms with van der Waals surface area (Å²) >= 11 is 0. The van der Waals surface area contributed by atoms with E-state index in [0.717, 1.165) is 5.56 Å². The van der Waals surface area contributed by atoms with Crippen molar-refractivity contribution in [2.75, 3.05) is 33.3 Å². The van der Waals surface area contributed by atoms with Crippen molar-refractivity contribution < 1.29 is 18.7 Å². The Kier molecular flexibility index (Phi) is 7.44. The first kappa shape index (κ1) is 28.2. The van der Waals surface area contributed by atoms with Crippen LogP contribution in [0.5, 0.6) is 5.75 Å². The van der Waals surface area contributed by atoms with Gasteiger partial charge in [0.15, 0.2) is 5.82 Å². The zero-order chi connectivity index (χ0) is 30.1. The molecule has 2 amide bonds. The van der Waals surface area contributed by atoms with E-state index in [1.165, 1.54) is 0 Å². The summed E-state index contributed by atoms with van der Waals surface area (Å²) in [6.45, 7) is 3.84. The van der Waals surface area contributed by atoms with Crippen LogP contribution in [0, 0.1) is 22.6 Å². The molecule has 4 heterocycles. The summed E-state index contributed by atoms with van der Waals surface area (Å²) in [5, 5.41) is 17.8. The molecule has 1 fully saturated rings. The number of aromatic nitrogens is 4. The molecule has 1 saturated heterocycles. The number of carbonyl (C=O) groups excluding carboxylic acids is 2. The van der Waals surface area contributed by atoms with Gasteiger partial charge in [0.25, 0.3) is 5.91 Å². The molecule has 6 rings (SSSR count). The number of hydrogen-bond donors (Lipinski definition) is 1. The molecule has 0 spiro atoms. The second-order valence-corrected chi connectivity index (χ2v) is 11.4. The minimum absolute atomic E-state index is 0.0460. The molecule has 0 radical (unpaired) electrons. The van der Waals surface area contributed by atoms with Crippen LogP contribution in [-0.4, -0.2) is 74.9 Å². The standard InChI is InChI=1S/C32H32FN7O3/c1-32(19-34)10-14-39(20-32)31(42)26-17-25-24(22-7-3-4-8-27(22)43-2)16-23(29(33)30(25)36-26)21-6-5-12-38(18-21)28(41)9-13-40-15-11-35-37-40/h3-4,6-8,11,15-17,36H,5,9-10,12-14,18,20H2,1-2H3. The number of nitrogens with zero attached hydrogens (tertiary/aromatic N) is 6. The molecule has 2 aliphatic rings. The van der Waals surface area contributed by atoms with Crippen LogP contribution in [0.25, 0.3) is 27.6 Å². The number of amides is 2. The van der Waals surface area contributed by atoms with Gasteiger partial charge in [0.1, 0.15) is 11.4 Å². The lowest BCUT2D eigenvalue weighted by Gasteiger charge is -2.28. The lowest BCUT2D eigenvalue weighted by molar-refractivity contribution is -0.131. The number of H-pyrrole nitrogens is 1. The number of nitrogens with one attached hydrogen (secondary N) is 1. The van der Waals surface area contributed by atoms with Gasteiger partial charge in [0.2, 0.25) is 5.91 Å². The first-order chi connectivity index (χ1) is 20.8. The smallest absolute Gasteiger partial charge is 0.270 e. The number of halogens is 1. The van der Waals surface area contributed by atoms with Gasteiger partial charge in [-0.3, -0.25) is 14.3 Å². The molecule has 43 heavy (non-hydrogen) atoms. The monoisotopic (exact) mass is 581 g/mol. The Labute approximate surface area is 248 Å². The van der Waals surface area contributed by atoms with Crippen LogP contribution in [0.1, 0.15) is 42.2 Å². The number of benzene rings is 2. The maximum absolute atomic E-state index is 16.4. The van der Waals surface area contributed by atoms with Crippen molar-refractivity contribution in [1.82, 2.24) is 29.8 Å². The van der Waals surface area contributed by atoms with Crippen LogP contribution in [0.2, 0.25) is 0 Å². The zero-order valence-electron chi connectivity index (χ0n) is 24.1. The fourth-order valence-electron chi connectivity index (χ4n) is 5.97. The van der Waals surface area contributed by atoms with E-state index in [-0.39, 0.29) is 36.0 Å². The van der Waals surface area contributed by atoms with Crippen LogP contribution in [0.15, 0.2) is 54.9 Å². The third-order valence-electron chi connectivity index (χ3n) is 8.39. The molecule has 1 N–H and O–H groups in total. The highest BCUT2D eigenvalue weighted by molar-refractivity contribution is 6.05. The first-order valence-electron chi connectivity index (χ1n) is 14.3. The number of nitriles is 1. The average molecular weight is 582 g/mol. The summed E-state index contributed by atoms with van der Waals surface area (Å²) in [6, 6.07) is 13.3. The largest absolute Gasteiger partial charge is 0.496 e. The molecule has 2 aromatic heterocycles. The summed E-state index contributed by atoms with van der Waals surface area (Å²) in [5.41, 5.74) is 2.38. The van der Waals surface area contributed by atoms with Crippen molar-refractivity contribution in [3.63, 3.8) is 0 Å². The molecule has 10 nitrogen and oxygen atoms in total.